The van der Waals surface area contributed by atoms with Crippen LogP contribution in [0.15, 0.2) is 29.1 Å². The molecule has 96 valence electrons. The summed E-state index contributed by atoms with van der Waals surface area (Å²) >= 11 is 0. The Hall–Kier alpha value is -1.98. The smallest absolute Gasteiger partial charge is 0.385 e. The van der Waals surface area contributed by atoms with Gasteiger partial charge in [-0.1, -0.05) is 12.1 Å². The number of fused-ring (bicyclic) bond motifs is 1. The van der Waals surface area contributed by atoms with Gasteiger partial charge in [-0.2, -0.15) is 13.2 Å². The van der Waals surface area contributed by atoms with Gasteiger partial charge in [0.15, 0.2) is 0 Å². The molecule has 0 unspecified atom stereocenters. The zero-order valence-electron chi connectivity index (χ0n) is 9.56. The summed E-state index contributed by atoms with van der Waals surface area (Å²) in [6, 6.07) is 5.07. The molecule has 1 heterocycles. The second kappa shape index (κ2) is 4.36. The van der Waals surface area contributed by atoms with Gasteiger partial charge in [0.2, 0.25) is 5.56 Å². The number of rotatable bonds is 2. The monoisotopic (exact) mass is 256 g/mol. The van der Waals surface area contributed by atoms with Gasteiger partial charge >= 0.3 is 6.18 Å². The average molecular weight is 256 g/mol. The molecule has 0 saturated heterocycles. The number of aromatic nitrogens is 1. The molecule has 18 heavy (non-hydrogen) atoms. The average Bonchev–Trinajstić information content (AvgIpc) is 2.27. The molecule has 0 fully saturated rings. The van der Waals surface area contributed by atoms with Crippen molar-refractivity contribution in [1.82, 2.24) is 4.98 Å². The van der Waals surface area contributed by atoms with E-state index >= 15 is 0 Å². The van der Waals surface area contributed by atoms with Crippen molar-refractivity contribution in [2.75, 3.05) is 11.9 Å². The van der Waals surface area contributed by atoms with E-state index in [0.29, 0.717) is 17.6 Å². The lowest BCUT2D eigenvalue weighted by Gasteiger charge is -2.12. The van der Waals surface area contributed by atoms with Crippen LogP contribution in [0.1, 0.15) is 12.5 Å². The van der Waals surface area contributed by atoms with E-state index in [1.165, 1.54) is 12.1 Å². The quantitative estimate of drug-likeness (QED) is 0.867. The second-order valence-corrected chi connectivity index (χ2v) is 3.80. The number of alkyl halides is 3. The van der Waals surface area contributed by atoms with E-state index < -0.39 is 17.3 Å². The van der Waals surface area contributed by atoms with Crippen molar-refractivity contribution in [1.29, 1.82) is 0 Å². The summed E-state index contributed by atoms with van der Waals surface area (Å²) in [7, 11) is 0. The fraction of sp³-hybridized carbons (Fsp3) is 0.250. The second-order valence-electron chi connectivity index (χ2n) is 3.80. The van der Waals surface area contributed by atoms with Gasteiger partial charge in [0.05, 0.1) is 11.1 Å². The number of anilines is 1. The van der Waals surface area contributed by atoms with Gasteiger partial charge in [-0.15, -0.1) is 0 Å². The molecule has 0 aliphatic rings. The topological polar surface area (TPSA) is 44.9 Å². The van der Waals surface area contributed by atoms with Crippen molar-refractivity contribution in [3.63, 3.8) is 0 Å². The van der Waals surface area contributed by atoms with Gasteiger partial charge in [0.1, 0.15) is 0 Å². The first kappa shape index (κ1) is 12.5. The molecule has 3 nitrogen and oxygen atoms in total. The molecular weight excluding hydrogens is 245 g/mol. The summed E-state index contributed by atoms with van der Waals surface area (Å²) in [5, 5.41) is 3.24. The molecule has 0 amide bonds. The van der Waals surface area contributed by atoms with Crippen LogP contribution in [0.2, 0.25) is 0 Å². The van der Waals surface area contributed by atoms with E-state index in [1.54, 1.807) is 13.0 Å². The Kier molecular flexibility index (Phi) is 3.02. The molecule has 2 aromatic rings. The zero-order valence-corrected chi connectivity index (χ0v) is 9.56. The highest BCUT2D eigenvalue weighted by Gasteiger charge is 2.33. The van der Waals surface area contributed by atoms with Gasteiger partial charge < -0.3 is 10.3 Å². The van der Waals surface area contributed by atoms with Crippen LogP contribution in [0.5, 0.6) is 0 Å². The summed E-state index contributed by atoms with van der Waals surface area (Å²) in [6.45, 7) is 2.33. The van der Waals surface area contributed by atoms with E-state index in [-0.39, 0.29) is 5.52 Å². The molecule has 0 radical (unpaired) electrons. The predicted octanol–water partition coefficient (Wildman–Crippen LogP) is 2.98. The van der Waals surface area contributed by atoms with Gasteiger partial charge in [-0.25, -0.2) is 0 Å². The predicted molar refractivity (Wildman–Crippen MR) is 63.7 cm³/mol. The molecule has 1 aromatic heterocycles. The Balaban J connectivity index is 2.82. The number of nitrogens with one attached hydrogen (secondary N) is 2. The Morgan fingerprint density at radius 3 is 2.67 bits per heavy atom. The standard InChI is InChI=1S/C12H11F3N2O/c1-2-16-9-6-10(18)17-11-7(9)4-3-5-8(11)12(13,14)15/h3-6H,2H2,1H3,(H2,16,17,18). The van der Waals surface area contributed by atoms with Gasteiger partial charge in [0.25, 0.3) is 0 Å². The maximum atomic E-state index is 12.8. The maximum Gasteiger partial charge on any atom is 0.418 e. The third-order valence-electron chi connectivity index (χ3n) is 2.55. The molecule has 0 bridgehead atoms. The van der Waals surface area contributed by atoms with Crippen LogP contribution < -0.4 is 10.9 Å². The Labute approximate surface area is 101 Å². The highest BCUT2D eigenvalue weighted by molar-refractivity contribution is 5.93. The number of para-hydroxylation sites is 1. The third kappa shape index (κ3) is 2.18. The lowest BCUT2D eigenvalue weighted by molar-refractivity contribution is -0.136. The minimum atomic E-state index is -4.49. The molecular formula is C12H11F3N2O. The van der Waals surface area contributed by atoms with Crippen LogP contribution in [0.4, 0.5) is 18.9 Å². The van der Waals surface area contributed by atoms with Crippen LogP contribution in [-0.2, 0) is 6.18 Å². The largest absolute Gasteiger partial charge is 0.418 e. The van der Waals surface area contributed by atoms with Crippen molar-refractivity contribution in [2.24, 2.45) is 0 Å². The van der Waals surface area contributed by atoms with E-state index in [0.717, 1.165) is 6.07 Å². The summed E-state index contributed by atoms with van der Waals surface area (Å²) in [4.78, 5) is 13.6. The number of pyridine rings is 1. The first-order valence-corrected chi connectivity index (χ1v) is 5.40. The molecule has 0 saturated carbocycles. The lowest BCUT2D eigenvalue weighted by Crippen LogP contribution is -2.13. The molecule has 2 rings (SSSR count). The van der Waals surface area contributed by atoms with Crippen LogP contribution in [0.3, 0.4) is 0 Å². The van der Waals surface area contributed by atoms with Gasteiger partial charge in [-0.3, -0.25) is 4.79 Å². The summed E-state index contributed by atoms with van der Waals surface area (Å²) < 4.78 is 38.5. The van der Waals surface area contributed by atoms with Crippen molar-refractivity contribution in [3.05, 3.63) is 40.2 Å². The number of hydrogen-bond donors (Lipinski definition) is 2. The van der Waals surface area contributed by atoms with Crippen molar-refractivity contribution in [3.8, 4) is 0 Å². The van der Waals surface area contributed by atoms with E-state index in [2.05, 4.69) is 10.3 Å². The van der Waals surface area contributed by atoms with Gasteiger partial charge in [0, 0.05) is 23.7 Å². The zero-order chi connectivity index (χ0) is 13.3. The molecule has 6 heteroatoms. The number of benzene rings is 1. The highest BCUT2D eigenvalue weighted by atomic mass is 19.4. The van der Waals surface area contributed by atoms with E-state index in [9.17, 15) is 18.0 Å². The fourth-order valence-corrected chi connectivity index (χ4v) is 1.85. The van der Waals surface area contributed by atoms with E-state index in [4.69, 9.17) is 0 Å². The Morgan fingerprint density at radius 2 is 2.06 bits per heavy atom. The van der Waals surface area contributed by atoms with Crippen LogP contribution in [-0.4, -0.2) is 11.5 Å². The first-order chi connectivity index (χ1) is 8.43. The molecule has 0 aliphatic heterocycles. The maximum absolute atomic E-state index is 12.8. The van der Waals surface area contributed by atoms with Gasteiger partial charge in [-0.05, 0) is 13.0 Å². The molecule has 0 aliphatic carbocycles. The Bertz CT molecular complexity index is 631. The number of halogens is 3. The lowest BCUT2D eigenvalue weighted by atomic mass is 10.1. The van der Waals surface area contributed by atoms with Crippen molar-refractivity contribution >= 4 is 16.6 Å². The normalized spacial score (nSPS) is 11.8. The molecule has 0 spiro atoms. The highest BCUT2D eigenvalue weighted by Crippen LogP contribution is 2.34. The summed E-state index contributed by atoms with van der Waals surface area (Å²) in [5.41, 5.74) is -1.18. The van der Waals surface area contributed by atoms with Crippen LogP contribution in [0, 0.1) is 0 Å². The fourth-order valence-electron chi connectivity index (χ4n) is 1.85. The van der Waals surface area contributed by atoms with Crippen molar-refractivity contribution in [2.45, 2.75) is 13.1 Å². The van der Waals surface area contributed by atoms with Crippen LogP contribution >= 0.6 is 0 Å². The molecule has 0 atom stereocenters. The number of H-pyrrole nitrogens is 1. The number of hydrogen-bond acceptors (Lipinski definition) is 2. The Morgan fingerprint density at radius 1 is 1.33 bits per heavy atom. The third-order valence-corrected chi connectivity index (χ3v) is 2.55. The van der Waals surface area contributed by atoms with Crippen LogP contribution in [0.25, 0.3) is 10.9 Å². The summed E-state index contributed by atoms with van der Waals surface area (Å²) in [6.07, 6.45) is -4.49. The molecule has 2 N–H and O–H groups in total. The summed E-state index contributed by atoms with van der Waals surface area (Å²) in [5.74, 6) is 0. The first-order valence-electron chi connectivity index (χ1n) is 5.40. The number of aromatic amines is 1. The minimum Gasteiger partial charge on any atom is -0.385 e. The SMILES string of the molecule is CCNc1cc(=O)[nH]c2c(C(F)(F)F)cccc12. The minimum absolute atomic E-state index is 0.187. The van der Waals surface area contributed by atoms with Crippen molar-refractivity contribution < 1.29 is 13.2 Å². The molecule has 1 aromatic carbocycles. The van der Waals surface area contributed by atoms with E-state index in [1.807, 2.05) is 0 Å².